The summed E-state index contributed by atoms with van der Waals surface area (Å²) in [5.41, 5.74) is 5.34. The largest absolute Gasteiger partial charge is 0.459 e. The first-order valence-corrected chi connectivity index (χ1v) is 8.20. The Morgan fingerprint density at radius 1 is 0.792 bits per heavy atom. The molecule has 0 fully saturated rings. The van der Waals surface area contributed by atoms with E-state index in [0.29, 0.717) is 0 Å². The van der Waals surface area contributed by atoms with E-state index in [2.05, 4.69) is 78.7 Å². The van der Waals surface area contributed by atoms with Crippen molar-refractivity contribution in [1.29, 1.82) is 0 Å². The van der Waals surface area contributed by atoms with Gasteiger partial charge in [0.1, 0.15) is 5.75 Å². The third-order valence-electron chi connectivity index (χ3n) is 5.04. The topological polar surface area (TPSA) is 12.5 Å². The monoisotopic (exact) mass is 311 g/mol. The fraction of sp³-hybridized carbons (Fsp3) is 0.0909. The molecule has 2 aliphatic heterocycles. The van der Waals surface area contributed by atoms with E-state index in [1.807, 2.05) is 18.2 Å². The molecule has 0 aromatic heterocycles. The van der Waals surface area contributed by atoms with Crippen molar-refractivity contribution in [3.63, 3.8) is 0 Å². The first kappa shape index (κ1) is 13.4. The first-order valence-electron chi connectivity index (χ1n) is 8.20. The normalized spacial score (nSPS) is 20.1. The lowest BCUT2D eigenvalue weighted by Gasteiger charge is -2.47. The second kappa shape index (κ2) is 4.75. The Hall–Kier alpha value is -3.00. The number of rotatable bonds is 0. The molecule has 0 saturated carbocycles. The maximum atomic E-state index is 6.60. The zero-order valence-corrected chi connectivity index (χ0v) is 13.4. The number of nitrogens with zero attached hydrogens (tertiary/aromatic N) is 1. The Morgan fingerprint density at radius 3 is 2.42 bits per heavy atom. The van der Waals surface area contributed by atoms with Gasteiger partial charge in [0.05, 0.1) is 0 Å². The van der Waals surface area contributed by atoms with Gasteiger partial charge in [-0.15, -0.1) is 0 Å². The van der Waals surface area contributed by atoms with Crippen LogP contribution >= 0.6 is 0 Å². The summed E-state index contributed by atoms with van der Waals surface area (Å²) in [6.45, 7) is 0. The molecule has 1 spiro atoms. The average Bonchev–Trinajstić information content (AvgIpc) is 2.66. The van der Waals surface area contributed by atoms with Gasteiger partial charge in [-0.25, -0.2) is 0 Å². The van der Waals surface area contributed by atoms with Gasteiger partial charge in [-0.3, -0.25) is 0 Å². The van der Waals surface area contributed by atoms with Gasteiger partial charge in [0.15, 0.2) is 0 Å². The second-order valence-corrected chi connectivity index (χ2v) is 6.29. The number of likely N-dealkylation sites (N-methyl/N-ethyl adjacent to an activating group) is 1. The number of ether oxygens (including phenoxy) is 1. The van der Waals surface area contributed by atoms with E-state index in [1.54, 1.807) is 0 Å². The lowest BCUT2D eigenvalue weighted by Crippen LogP contribution is -2.50. The lowest BCUT2D eigenvalue weighted by atomic mass is 9.84. The summed E-state index contributed by atoms with van der Waals surface area (Å²) in [6, 6.07) is 25.2. The Bertz CT molecular complexity index is 975. The number of anilines is 1. The molecule has 0 radical (unpaired) electrons. The van der Waals surface area contributed by atoms with E-state index in [9.17, 15) is 0 Å². The van der Waals surface area contributed by atoms with Crippen LogP contribution in [0.2, 0.25) is 0 Å². The third-order valence-corrected chi connectivity index (χ3v) is 5.04. The van der Waals surface area contributed by atoms with Gasteiger partial charge in [-0.1, -0.05) is 60.7 Å². The molecule has 116 valence electrons. The highest BCUT2D eigenvalue weighted by Gasteiger charge is 2.44. The standard InChI is InChI=1S/C22H17NO/c1-23-20-12-6-4-10-18(20)17-9-3-5-11-19(17)22(23)15-14-16-8-2-7-13-21(16)24-22/h2-15H,1H3/t22-/m0/s1. The fourth-order valence-corrected chi connectivity index (χ4v) is 3.82. The highest BCUT2D eigenvalue weighted by atomic mass is 16.5. The number of para-hydroxylation sites is 2. The van der Waals surface area contributed by atoms with Crippen molar-refractivity contribution in [3.05, 3.63) is 90.0 Å². The number of benzene rings is 3. The minimum absolute atomic E-state index is 0.612. The van der Waals surface area contributed by atoms with Gasteiger partial charge in [0, 0.05) is 29.4 Å². The molecule has 0 bridgehead atoms. The van der Waals surface area contributed by atoms with Crippen LogP contribution in [0.4, 0.5) is 5.69 Å². The van der Waals surface area contributed by atoms with Crippen molar-refractivity contribution >= 4 is 11.8 Å². The molecule has 5 rings (SSSR count). The van der Waals surface area contributed by atoms with Gasteiger partial charge >= 0.3 is 0 Å². The zero-order valence-electron chi connectivity index (χ0n) is 13.4. The van der Waals surface area contributed by atoms with Crippen LogP contribution in [0.3, 0.4) is 0 Å². The fourth-order valence-electron chi connectivity index (χ4n) is 3.82. The number of hydrogen-bond donors (Lipinski definition) is 0. The Balaban J connectivity index is 1.80. The highest BCUT2D eigenvalue weighted by Crippen LogP contribution is 2.50. The predicted octanol–water partition coefficient (Wildman–Crippen LogP) is 5.06. The summed E-state index contributed by atoms with van der Waals surface area (Å²) in [7, 11) is 2.10. The molecule has 2 nitrogen and oxygen atoms in total. The lowest BCUT2D eigenvalue weighted by molar-refractivity contribution is 0.116. The van der Waals surface area contributed by atoms with Crippen LogP contribution in [-0.4, -0.2) is 7.05 Å². The third kappa shape index (κ3) is 1.65. The van der Waals surface area contributed by atoms with Gasteiger partial charge < -0.3 is 9.64 Å². The Kier molecular flexibility index (Phi) is 2.66. The highest BCUT2D eigenvalue weighted by molar-refractivity contribution is 5.86. The summed E-state index contributed by atoms with van der Waals surface area (Å²) in [6.07, 6.45) is 4.34. The molecule has 0 saturated heterocycles. The maximum Gasteiger partial charge on any atom is 0.229 e. The molecule has 2 aliphatic rings. The molecule has 0 unspecified atom stereocenters. The SMILES string of the molecule is CN1c2ccccc2-c2ccccc2[C@@]12C=Cc1ccccc1O2. The van der Waals surface area contributed by atoms with Gasteiger partial charge in [-0.05, 0) is 29.8 Å². The molecule has 3 aromatic rings. The summed E-state index contributed by atoms with van der Waals surface area (Å²) in [5, 5.41) is 0. The van der Waals surface area contributed by atoms with Crippen LogP contribution in [0.1, 0.15) is 11.1 Å². The maximum absolute atomic E-state index is 6.60. The molecular weight excluding hydrogens is 294 g/mol. The van der Waals surface area contributed by atoms with Crippen LogP contribution in [0.25, 0.3) is 17.2 Å². The number of fused-ring (bicyclic) bond motifs is 5. The van der Waals surface area contributed by atoms with Crippen molar-refractivity contribution < 1.29 is 4.74 Å². The molecule has 0 amide bonds. The van der Waals surface area contributed by atoms with Crippen LogP contribution in [0.15, 0.2) is 78.9 Å². The van der Waals surface area contributed by atoms with Crippen LogP contribution < -0.4 is 9.64 Å². The van der Waals surface area contributed by atoms with E-state index in [0.717, 1.165) is 11.3 Å². The summed E-state index contributed by atoms with van der Waals surface area (Å²) in [5.74, 6) is 0.918. The molecule has 2 heteroatoms. The Labute approximate surface area is 141 Å². The van der Waals surface area contributed by atoms with E-state index < -0.39 is 5.72 Å². The number of hydrogen-bond acceptors (Lipinski definition) is 2. The molecule has 2 heterocycles. The van der Waals surface area contributed by atoms with Crippen molar-refractivity contribution in [3.8, 4) is 16.9 Å². The van der Waals surface area contributed by atoms with Crippen LogP contribution in [0, 0.1) is 0 Å². The molecule has 24 heavy (non-hydrogen) atoms. The van der Waals surface area contributed by atoms with E-state index >= 15 is 0 Å². The van der Waals surface area contributed by atoms with Crippen molar-refractivity contribution in [1.82, 2.24) is 0 Å². The van der Waals surface area contributed by atoms with Crippen molar-refractivity contribution in [2.45, 2.75) is 5.72 Å². The first-order chi connectivity index (χ1) is 11.8. The van der Waals surface area contributed by atoms with Gasteiger partial charge in [0.25, 0.3) is 0 Å². The minimum atomic E-state index is -0.612. The van der Waals surface area contributed by atoms with Crippen molar-refractivity contribution in [2.75, 3.05) is 11.9 Å². The zero-order chi connectivity index (χ0) is 16.1. The summed E-state index contributed by atoms with van der Waals surface area (Å²) in [4.78, 5) is 2.23. The second-order valence-electron chi connectivity index (χ2n) is 6.29. The van der Waals surface area contributed by atoms with Gasteiger partial charge in [-0.2, -0.15) is 0 Å². The minimum Gasteiger partial charge on any atom is -0.459 e. The van der Waals surface area contributed by atoms with E-state index in [4.69, 9.17) is 4.74 Å². The molecule has 1 atom stereocenters. The quantitative estimate of drug-likeness (QED) is 0.575. The molecular formula is C22H17NO. The van der Waals surface area contributed by atoms with E-state index in [1.165, 1.54) is 22.4 Å². The molecule has 3 aromatic carbocycles. The smallest absolute Gasteiger partial charge is 0.229 e. The van der Waals surface area contributed by atoms with E-state index in [-0.39, 0.29) is 0 Å². The average molecular weight is 311 g/mol. The van der Waals surface area contributed by atoms with Crippen molar-refractivity contribution in [2.24, 2.45) is 0 Å². The van der Waals surface area contributed by atoms with Crippen LogP contribution in [-0.2, 0) is 5.72 Å². The predicted molar refractivity (Wildman–Crippen MR) is 98.1 cm³/mol. The summed E-state index contributed by atoms with van der Waals surface area (Å²) >= 11 is 0. The molecule has 0 aliphatic carbocycles. The van der Waals surface area contributed by atoms with Crippen LogP contribution in [0.5, 0.6) is 5.75 Å². The molecule has 0 N–H and O–H groups in total. The Morgan fingerprint density at radius 2 is 1.50 bits per heavy atom. The van der Waals surface area contributed by atoms with Gasteiger partial charge in [0.2, 0.25) is 5.72 Å². The summed E-state index contributed by atoms with van der Waals surface area (Å²) < 4.78 is 6.60.